The Labute approximate surface area is 559 Å². The maximum Gasteiger partial charge on any atom is 0.119 e. The van der Waals surface area contributed by atoms with Gasteiger partial charge < -0.3 is 28.4 Å². The highest BCUT2D eigenvalue weighted by Gasteiger charge is 2.13. The third-order valence-corrected chi connectivity index (χ3v) is 18.1. The minimum absolute atomic E-state index is 0.471. The fraction of sp³-hybridized carbons (Fsp3) is 0.512. The smallest absolute Gasteiger partial charge is 0.119 e. The minimum atomic E-state index is 0.471. The quantitative estimate of drug-likeness (QED) is 0.0354. The second kappa shape index (κ2) is 45.9. The number of rotatable bonds is 52. The molecule has 7 aromatic carbocycles. The van der Waals surface area contributed by atoms with Gasteiger partial charge in [-0.25, -0.2) is 0 Å². The zero-order chi connectivity index (χ0) is 64.1. The summed E-state index contributed by atoms with van der Waals surface area (Å²) >= 11 is 0. The Bertz CT molecular complexity index is 2760. The van der Waals surface area contributed by atoms with Crippen LogP contribution in [0.2, 0.25) is 0 Å². The van der Waals surface area contributed by atoms with E-state index in [0.29, 0.717) is 26.4 Å². The van der Waals surface area contributed by atoms with Crippen LogP contribution in [0.5, 0.6) is 23.0 Å². The molecule has 0 spiro atoms. The molecule has 6 nitrogen and oxygen atoms in total. The molecule has 0 aliphatic rings. The molecule has 0 saturated heterocycles. The van der Waals surface area contributed by atoms with Crippen LogP contribution in [0, 0.1) is 0 Å². The zero-order valence-electron chi connectivity index (χ0n) is 57.7. The first-order valence-corrected chi connectivity index (χ1v) is 37.0. The minimum Gasteiger partial charge on any atom is -0.494 e. The third kappa shape index (κ3) is 28.5. The van der Waals surface area contributed by atoms with Gasteiger partial charge in [-0.05, 0) is 153 Å². The molecular weight excluding hydrogens is 1130 g/mol. The van der Waals surface area contributed by atoms with E-state index in [1.54, 1.807) is 0 Å². The van der Waals surface area contributed by atoms with Gasteiger partial charge in [-0.3, -0.25) is 0 Å². The molecule has 7 rings (SSSR count). The van der Waals surface area contributed by atoms with Crippen LogP contribution in [0.3, 0.4) is 0 Å². The van der Waals surface area contributed by atoms with Crippen LogP contribution in [-0.4, -0.2) is 26.4 Å². The lowest BCUT2D eigenvalue weighted by Crippen LogP contribution is -2.00. The molecule has 0 atom stereocenters. The molecule has 0 saturated carbocycles. The standard InChI is InChI=1S/C86H118O6/c1-5-9-13-17-21-25-29-33-61-89-81-51-41-73(42-52-81)77-49-59-85(75-45-55-83(56-46-75)91-63-35-31-27-23-19-15-11-7-3)79(65-77)69-87-67-71-37-39-72(40-38-71)68-88-70-80-66-78(74-43-53-82(54-44-74)90-62-34-30-26-22-18-14-10-6-2)50-60-86(80)76-47-57-84(58-48-76)92-64-36-32-28-24-20-16-12-8-4/h37-60,65-66H,5-36,61-64,67-70H2,1-4H3. The molecule has 0 heterocycles. The molecule has 0 aromatic heterocycles. The molecule has 0 aliphatic carbocycles. The van der Waals surface area contributed by atoms with Gasteiger partial charge in [0.15, 0.2) is 0 Å². The van der Waals surface area contributed by atoms with Gasteiger partial charge >= 0.3 is 0 Å². The lowest BCUT2D eigenvalue weighted by atomic mass is 9.95. The van der Waals surface area contributed by atoms with Gasteiger partial charge in [0.25, 0.3) is 0 Å². The van der Waals surface area contributed by atoms with E-state index in [-0.39, 0.29) is 0 Å². The van der Waals surface area contributed by atoms with Crippen LogP contribution in [0.4, 0.5) is 0 Å². The predicted molar refractivity (Wildman–Crippen MR) is 390 cm³/mol. The van der Waals surface area contributed by atoms with Gasteiger partial charge in [0.1, 0.15) is 23.0 Å². The fourth-order valence-corrected chi connectivity index (χ4v) is 12.3. The highest BCUT2D eigenvalue weighted by molar-refractivity contribution is 5.76. The van der Waals surface area contributed by atoms with Crippen molar-refractivity contribution < 1.29 is 28.4 Å². The van der Waals surface area contributed by atoms with E-state index >= 15 is 0 Å². The molecule has 0 radical (unpaired) electrons. The molecule has 0 bridgehead atoms. The molecule has 6 heteroatoms. The largest absolute Gasteiger partial charge is 0.494 e. The first-order chi connectivity index (χ1) is 45.5. The van der Waals surface area contributed by atoms with Gasteiger partial charge in [0.05, 0.1) is 52.9 Å². The molecule has 0 N–H and O–H groups in total. The number of benzene rings is 7. The summed E-state index contributed by atoms with van der Waals surface area (Å²) < 4.78 is 38.0. The highest BCUT2D eigenvalue weighted by Crippen LogP contribution is 2.35. The number of unbranched alkanes of at least 4 members (excludes halogenated alkanes) is 28. The van der Waals surface area contributed by atoms with Gasteiger partial charge in [0.2, 0.25) is 0 Å². The molecule has 0 aliphatic heterocycles. The van der Waals surface area contributed by atoms with Crippen LogP contribution < -0.4 is 18.9 Å². The average molecular weight is 1250 g/mol. The van der Waals surface area contributed by atoms with Crippen molar-refractivity contribution in [3.63, 3.8) is 0 Å². The van der Waals surface area contributed by atoms with E-state index in [4.69, 9.17) is 28.4 Å². The van der Waals surface area contributed by atoms with Crippen LogP contribution >= 0.6 is 0 Å². The maximum absolute atomic E-state index is 6.61. The van der Waals surface area contributed by atoms with E-state index < -0.39 is 0 Å². The molecule has 498 valence electrons. The number of hydrogen-bond donors (Lipinski definition) is 0. The first-order valence-electron chi connectivity index (χ1n) is 37.0. The summed E-state index contributed by atoms with van der Waals surface area (Å²) in [5, 5.41) is 0. The summed E-state index contributed by atoms with van der Waals surface area (Å²) in [4.78, 5) is 0. The van der Waals surface area contributed by atoms with Crippen LogP contribution in [0.15, 0.2) is 158 Å². The molecule has 0 fully saturated rings. The van der Waals surface area contributed by atoms with Crippen molar-refractivity contribution in [3.05, 3.63) is 180 Å². The summed E-state index contributed by atoms with van der Waals surface area (Å²) in [6.45, 7) is 14.1. The van der Waals surface area contributed by atoms with Gasteiger partial charge in [-0.2, -0.15) is 0 Å². The van der Waals surface area contributed by atoms with E-state index in [9.17, 15) is 0 Å². The summed E-state index contributed by atoms with van der Waals surface area (Å²) in [5.74, 6) is 3.70. The van der Waals surface area contributed by atoms with Crippen molar-refractivity contribution in [2.24, 2.45) is 0 Å². The van der Waals surface area contributed by atoms with Crippen LogP contribution in [0.1, 0.15) is 255 Å². The van der Waals surface area contributed by atoms with Crippen LogP contribution in [0.25, 0.3) is 44.5 Å². The predicted octanol–water partition coefficient (Wildman–Crippen LogP) is 25.9. The van der Waals surface area contributed by atoms with E-state index in [0.717, 1.165) is 142 Å². The molecule has 0 amide bonds. The monoisotopic (exact) mass is 1250 g/mol. The SMILES string of the molecule is CCCCCCCCCCOc1ccc(-c2ccc(-c3ccc(OCCCCCCCCCC)cc3)c(COCc3ccc(COCc4cc(-c5ccc(OCCCCCCCCCC)cc5)ccc4-c4ccc(OCCCCCCCCCC)cc4)cc3)c2)cc1. The average Bonchev–Trinajstić information content (AvgIpc) is 1.34. The Morgan fingerprint density at radius 1 is 0.207 bits per heavy atom. The lowest BCUT2D eigenvalue weighted by Gasteiger charge is -2.15. The number of hydrogen-bond acceptors (Lipinski definition) is 6. The fourth-order valence-electron chi connectivity index (χ4n) is 12.3. The zero-order valence-corrected chi connectivity index (χ0v) is 57.7. The van der Waals surface area contributed by atoms with Crippen molar-refractivity contribution >= 4 is 0 Å². The van der Waals surface area contributed by atoms with Gasteiger partial charge in [-0.1, -0.05) is 305 Å². The van der Waals surface area contributed by atoms with Crippen molar-refractivity contribution in [2.45, 2.75) is 260 Å². The van der Waals surface area contributed by atoms with Crippen molar-refractivity contribution in [2.75, 3.05) is 26.4 Å². The molecule has 92 heavy (non-hydrogen) atoms. The Morgan fingerprint density at radius 3 is 0.696 bits per heavy atom. The third-order valence-electron chi connectivity index (χ3n) is 18.1. The first kappa shape index (κ1) is 73.1. The summed E-state index contributed by atoms with van der Waals surface area (Å²) in [5.41, 5.74) is 13.8. The van der Waals surface area contributed by atoms with Crippen molar-refractivity contribution in [1.29, 1.82) is 0 Å². The molecular formula is C86H118O6. The summed E-state index contributed by atoms with van der Waals surface area (Å²) in [7, 11) is 0. The van der Waals surface area contributed by atoms with Crippen molar-refractivity contribution in [3.8, 4) is 67.5 Å². The van der Waals surface area contributed by atoms with E-state index in [1.165, 1.54) is 180 Å². The van der Waals surface area contributed by atoms with E-state index in [2.05, 4.69) is 185 Å². The Hall–Kier alpha value is -6.34. The van der Waals surface area contributed by atoms with Gasteiger partial charge in [-0.15, -0.1) is 0 Å². The highest BCUT2D eigenvalue weighted by atomic mass is 16.5. The Kier molecular flexibility index (Phi) is 36.4. The Morgan fingerprint density at radius 2 is 0.435 bits per heavy atom. The molecule has 7 aromatic rings. The molecule has 0 unspecified atom stereocenters. The maximum atomic E-state index is 6.61. The van der Waals surface area contributed by atoms with Crippen molar-refractivity contribution in [1.82, 2.24) is 0 Å². The van der Waals surface area contributed by atoms with Gasteiger partial charge in [0, 0.05) is 0 Å². The second-order valence-corrected chi connectivity index (χ2v) is 25.9. The normalized spacial score (nSPS) is 11.3. The van der Waals surface area contributed by atoms with E-state index in [1.807, 2.05) is 0 Å². The Balaban J connectivity index is 0.958. The number of ether oxygens (including phenoxy) is 6. The summed E-state index contributed by atoms with van der Waals surface area (Å²) in [6, 6.07) is 56.7. The topological polar surface area (TPSA) is 55.4 Å². The summed E-state index contributed by atoms with van der Waals surface area (Å²) in [6.07, 6.45) is 41.3. The lowest BCUT2D eigenvalue weighted by molar-refractivity contribution is 0.105. The second-order valence-electron chi connectivity index (χ2n) is 25.9. The van der Waals surface area contributed by atoms with Crippen LogP contribution in [-0.2, 0) is 35.9 Å².